The van der Waals surface area contributed by atoms with Crippen LogP contribution in [0.1, 0.15) is 31.9 Å². The van der Waals surface area contributed by atoms with Crippen LogP contribution in [0.5, 0.6) is 0 Å². The molecule has 3 rings (SSSR count). The Morgan fingerprint density at radius 1 is 0.974 bits per heavy atom. The first kappa shape index (κ1) is 30.7. The van der Waals surface area contributed by atoms with E-state index in [4.69, 9.17) is 11.6 Å². The molecule has 0 spiro atoms. The van der Waals surface area contributed by atoms with Crippen LogP contribution in [-0.2, 0) is 26.2 Å². The molecule has 10 heteroatoms. The van der Waals surface area contributed by atoms with Crippen molar-refractivity contribution in [1.29, 1.82) is 0 Å². The lowest BCUT2D eigenvalue weighted by atomic mass is 10.1. The zero-order valence-electron chi connectivity index (χ0n) is 22.4. The van der Waals surface area contributed by atoms with Gasteiger partial charge in [-0.2, -0.15) is 0 Å². The Morgan fingerprint density at radius 2 is 1.64 bits per heavy atom. The lowest BCUT2D eigenvalue weighted by Crippen LogP contribution is -2.51. The molecule has 7 nitrogen and oxygen atoms in total. The van der Waals surface area contributed by atoms with Crippen LogP contribution in [0.25, 0.3) is 0 Å². The van der Waals surface area contributed by atoms with Gasteiger partial charge >= 0.3 is 0 Å². The Hall–Kier alpha value is -2.88. The highest BCUT2D eigenvalue weighted by Crippen LogP contribution is 2.31. The SMILES string of the molecule is Cc1ccc(S(=O)(=O)N(CC(=O)N(Cc2cccc(Br)c2)[C@H](C)C(=O)NCC(C)C)c2ccccc2Cl)cc1. The predicted molar refractivity (Wildman–Crippen MR) is 159 cm³/mol. The van der Waals surface area contributed by atoms with E-state index >= 15 is 0 Å². The first-order valence-electron chi connectivity index (χ1n) is 12.6. The summed E-state index contributed by atoms with van der Waals surface area (Å²) < 4.78 is 29.5. The molecule has 0 saturated carbocycles. The summed E-state index contributed by atoms with van der Waals surface area (Å²) in [6.07, 6.45) is 0. The normalized spacial score (nSPS) is 12.2. The first-order valence-corrected chi connectivity index (χ1v) is 15.2. The number of halogens is 2. The average Bonchev–Trinajstić information content (AvgIpc) is 2.89. The molecule has 0 saturated heterocycles. The quantitative estimate of drug-likeness (QED) is 0.289. The fraction of sp³-hybridized carbons (Fsp3) is 0.310. The molecule has 0 unspecified atom stereocenters. The Bertz CT molecular complexity index is 1410. The third-order valence-electron chi connectivity index (χ3n) is 6.10. The molecule has 0 radical (unpaired) electrons. The van der Waals surface area contributed by atoms with Gasteiger partial charge < -0.3 is 10.2 Å². The molecule has 0 heterocycles. The number of para-hydroxylation sites is 1. The monoisotopic (exact) mass is 633 g/mol. The number of sulfonamides is 1. The Balaban J connectivity index is 2.02. The van der Waals surface area contributed by atoms with Crippen molar-refractivity contribution in [3.05, 3.63) is 93.4 Å². The largest absolute Gasteiger partial charge is 0.354 e. The molecule has 1 N–H and O–H groups in total. The molecular formula is C29H33BrClN3O4S. The van der Waals surface area contributed by atoms with E-state index in [0.29, 0.717) is 6.54 Å². The van der Waals surface area contributed by atoms with E-state index in [1.54, 1.807) is 43.3 Å². The Morgan fingerprint density at radius 3 is 2.26 bits per heavy atom. The molecule has 0 aliphatic carbocycles. The first-order chi connectivity index (χ1) is 18.4. The average molecular weight is 635 g/mol. The summed E-state index contributed by atoms with van der Waals surface area (Å²) in [6.45, 7) is 7.47. The van der Waals surface area contributed by atoms with Crippen LogP contribution in [0.15, 0.2) is 82.2 Å². The van der Waals surface area contributed by atoms with E-state index in [2.05, 4.69) is 21.2 Å². The highest BCUT2D eigenvalue weighted by molar-refractivity contribution is 9.10. The highest BCUT2D eigenvalue weighted by atomic mass is 79.9. The molecular weight excluding hydrogens is 602 g/mol. The molecule has 0 bridgehead atoms. The lowest BCUT2D eigenvalue weighted by Gasteiger charge is -2.32. The standard InChI is InChI=1S/C29H33BrClN3O4S/c1-20(2)17-32-29(36)22(4)33(18-23-8-7-9-24(30)16-23)28(35)19-34(27-11-6-5-10-26(27)31)39(37,38)25-14-12-21(3)13-15-25/h5-16,20,22H,17-19H2,1-4H3,(H,32,36)/t22-/m1/s1. The highest BCUT2D eigenvalue weighted by Gasteiger charge is 2.33. The minimum Gasteiger partial charge on any atom is -0.354 e. The van der Waals surface area contributed by atoms with Crippen LogP contribution in [0.3, 0.4) is 0 Å². The number of nitrogens with zero attached hydrogens (tertiary/aromatic N) is 2. The molecule has 0 fully saturated rings. The second kappa shape index (κ2) is 13.5. The molecule has 1 atom stereocenters. The molecule has 0 aromatic heterocycles. The van der Waals surface area contributed by atoms with E-state index in [0.717, 1.165) is 19.9 Å². The van der Waals surface area contributed by atoms with Crippen molar-refractivity contribution >= 4 is 55.1 Å². The summed E-state index contributed by atoms with van der Waals surface area (Å²) in [5, 5.41) is 3.06. The van der Waals surface area contributed by atoms with Gasteiger partial charge in [0, 0.05) is 17.6 Å². The number of aryl methyl sites for hydroxylation is 1. The maximum atomic E-state index is 13.9. The second-order valence-electron chi connectivity index (χ2n) is 9.74. The van der Waals surface area contributed by atoms with Gasteiger partial charge in [-0.15, -0.1) is 0 Å². The van der Waals surface area contributed by atoms with E-state index in [9.17, 15) is 18.0 Å². The van der Waals surface area contributed by atoms with E-state index in [1.807, 2.05) is 45.0 Å². The number of hydrogen-bond donors (Lipinski definition) is 1. The number of amides is 2. The van der Waals surface area contributed by atoms with Crippen molar-refractivity contribution < 1.29 is 18.0 Å². The second-order valence-corrected chi connectivity index (χ2v) is 12.9. The maximum absolute atomic E-state index is 13.9. The number of carbonyl (C=O) groups excluding carboxylic acids is 2. The maximum Gasteiger partial charge on any atom is 0.264 e. The lowest BCUT2D eigenvalue weighted by molar-refractivity contribution is -0.139. The van der Waals surface area contributed by atoms with Gasteiger partial charge in [-0.25, -0.2) is 8.42 Å². The van der Waals surface area contributed by atoms with Crippen LogP contribution in [0.4, 0.5) is 5.69 Å². The van der Waals surface area contributed by atoms with Gasteiger partial charge in [-0.05, 0) is 61.7 Å². The van der Waals surface area contributed by atoms with Gasteiger partial charge in [0.1, 0.15) is 12.6 Å². The van der Waals surface area contributed by atoms with Crippen LogP contribution in [0, 0.1) is 12.8 Å². The topological polar surface area (TPSA) is 86.8 Å². The molecule has 0 aliphatic rings. The summed E-state index contributed by atoms with van der Waals surface area (Å²) in [7, 11) is -4.18. The number of nitrogens with one attached hydrogen (secondary N) is 1. The molecule has 2 amide bonds. The van der Waals surface area contributed by atoms with Crippen molar-refractivity contribution in [1.82, 2.24) is 10.2 Å². The minimum absolute atomic E-state index is 0.0297. The van der Waals surface area contributed by atoms with Gasteiger partial charge in [0.25, 0.3) is 10.0 Å². The zero-order valence-corrected chi connectivity index (χ0v) is 25.6. The molecule has 39 heavy (non-hydrogen) atoms. The smallest absolute Gasteiger partial charge is 0.264 e. The fourth-order valence-corrected chi connectivity index (χ4v) is 6.04. The van der Waals surface area contributed by atoms with Crippen LogP contribution < -0.4 is 9.62 Å². The van der Waals surface area contributed by atoms with Crippen molar-refractivity contribution in [2.24, 2.45) is 5.92 Å². The number of carbonyl (C=O) groups is 2. The fourth-order valence-electron chi connectivity index (χ4n) is 3.87. The number of hydrogen-bond acceptors (Lipinski definition) is 4. The summed E-state index contributed by atoms with van der Waals surface area (Å²) in [5.74, 6) is -0.638. The van der Waals surface area contributed by atoms with Gasteiger partial charge in [0.05, 0.1) is 15.6 Å². The molecule has 3 aromatic rings. The summed E-state index contributed by atoms with van der Waals surface area (Å²) in [5.41, 5.74) is 1.86. The number of anilines is 1. The van der Waals surface area contributed by atoms with Gasteiger partial charge in [-0.1, -0.05) is 83.3 Å². The van der Waals surface area contributed by atoms with Gasteiger partial charge in [-0.3, -0.25) is 13.9 Å². The third kappa shape index (κ3) is 8.06. The van der Waals surface area contributed by atoms with Crippen LogP contribution in [0.2, 0.25) is 5.02 Å². The van der Waals surface area contributed by atoms with Crippen molar-refractivity contribution in [2.45, 2.75) is 45.2 Å². The van der Waals surface area contributed by atoms with Crippen LogP contribution in [-0.4, -0.2) is 44.3 Å². The summed E-state index contributed by atoms with van der Waals surface area (Å²) >= 11 is 9.88. The van der Waals surface area contributed by atoms with Crippen molar-refractivity contribution in [3.63, 3.8) is 0 Å². The molecule has 0 aliphatic heterocycles. The zero-order chi connectivity index (χ0) is 28.7. The Kier molecular flexibility index (Phi) is 10.6. The minimum atomic E-state index is -4.18. The summed E-state index contributed by atoms with van der Waals surface area (Å²) in [4.78, 5) is 28.4. The number of rotatable bonds is 11. The van der Waals surface area contributed by atoms with Gasteiger partial charge in [0.2, 0.25) is 11.8 Å². The Labute approximate surface area is 244 Å². The number of benzene rings is 3. The van der Waals surface area contributed by atoms with E-state index < -0.39 is 28.5 Å². The van der Waals surface area contributed by atoms with Gasteiger partial charge in [0.15, 0.2) is 0 Å². The van der Waals surface area contributed by atoms with E-state index in [1.165, 1.54) is 17.0 Å². The summed E-state index contributed by atoms with van der Waals surface area (Å²) in [6, 6.07) is 19.4. The predicted octanol–water partition coefficient (Wildman–Crippen LogP) is 5.80. The third-order valence-corrected chi connectivity index (χ3v) is 8.69. The van der Waals surface area contributed by atoms with E-state index in [-0.39, 0.29) is 34.0 Å². The molecule has 3 aromatic carbocycles. The van der Waals surface area contributed by atoms with Crippen LogP contribution >= 0.6 is 27.5 Å². The molecule has 208 valence electrons. The van der Waals surface area contributed by atoms with Crippen molar-refractivity contribution in [2.75, 3.05) is 17.4 Å². The van der Waals surface area contributed by atoms with Crippen molar-refractivity contribution in [3.8, 4) is 0 Å².